The van der Waals surface area contributed by atoms with Gasteiger partial charge in [0.15, 0.2) is 0 Å². The van der Waals surface area contributed by atoms with Crippen molar-refractivity contribution < 1.29 is 4.79 Å². The average Bonchev–Trinajstić information content (AvgIpc) is 2.37. The number of hydrogen-bond acceptors (Lipinski definition) is 1. The molecule has 2 aromatic rings. The Morgan fingerprint density at radius 3 is 1.65 bits per heavy atom. The normalized spacial score (nSPS) is 18.1. The number of fused-ring (bicyclic) bond motifs is 2. The molecule has 0 aliphatic carbocycles. The van der Waals surface area contributed by atoms with Crippen LogP contribution in [-0.4, -0.2) is 16.1 Å². The van der Waals surface area contributed by atoms with Crippen molar-refractivity contribution in [1.29, 1.82) is 0 Å². The second kappa shape index (κ2) is 4.48. The van der Waals surface area contributed by atoms with E-state index in [1.165, 1.54) is 7.22 Å². The zero-order valence-corrected chi connectivity index (χ0v) is 15.3. The Balaban J connectivity index is 2.38. The van der Waals surface area contributed by atoms with Crippen molar-refractivity contribution in [2.75, 3.05) is 0 Å². The minimum atomic E-state index is -2.34. The molecule has 17 heavy (non-hydrogen) atoms. The van der Waals surface area contributed by atoms with E-state index in [4.69, 9.17) is 0 Å². The summed E-state index contributed by atoms with van der Waals surface area (Å²) in [5.74, 6) is 0.187. The van der Waals surface area contributed by atoms with Crippen LogP contribution in [0.25, 0.3) is 0 Å². The number of rotatable bonds is 0. The molecule has 4 heteroatoms. The zero-order chi connectivity index (χ0) is 12.0. The molecule has 1 heterocycles. The Morgan fingerprint density at radius 1 is 0.765 bits per heavy atom. The Labute approximate surface area is 123 Å². The molecule has 0 N–H and O–H groups in total. The quantitative estimate of drug-likeness (QED) is 0.357. The molecule has 2 aromatic carbocycles. The van der Waals surface area contributed by atoms with E-state index in [2.05, 4.69) is 49.5 Å². The molecule has 0 radical (unpaired) electrons. The van der Waals surface area contributed by atoms with Crippen LogP contribution in [0.3, 0.4) is 0 Å². The van der Waals surface area contributed by atoms with Crippen LogP contribution in [0.1, 0.15) is 15.9 Å². The predicted molar refractivity (Wildman–Crippen MR) is 89.4 cm³/mol. The third-order valence-corrected chi connectivity index (χ3v) is 20.7. The first kappa shape index (κ1) is 12.4. The van der Waals surface area contributed by atoms with E-state index >= 15 is 0 Å². The summed E-state index contributed by atoms with van der Waals surface area (Å²) in [4.78, 5) is 12.4. The summed E-state index contributed by atoms with van der Waals surface area (Å²) < 4.78 is 2.58. The van der Waals surface area contributed by atoms with Crippen LogP contribution in [0.2, 0.25) is 0 Å². The van der Waals surface area contributed by atoms with Gasteiger partial charge in [-0.15, -0.1) is 0 Å². The fourth-order valence-corrected chi connectivity index (χ4v) is 16.9. The van der Waals surface area contributed by atoms with Gasteiger partial charge in [-0.2, -0.15) is 0 Å². The molecule has 0 aromatic heterocycles. The monoisotopic (exact) mass is 564 g/mol. The van der Waals surface area contributed by atoms with Crippen molar-refractivity contribution in [2.24, 2.45) is 0 Å². The van der Waals surface area contributed by atoms with Crippen LogP contribution in [0.15, 0.2) is 48.5 Å². The van der Waals surface area contributed by atoms with Gasteiger partial charge in [-0.1, -0.05) is 0 Å². The first-order valence-corrected chi connectivity index (χ1v) is 21.0. The van der Waals surface area contributed by atoms with Crippen LogP contribution < -0.4 is 7.22 Å². The molecule has 0 saturated carbocycles. The number of hydrogen-bond donors (Lipinski definition) is 0. The van der Waals surface area contributed by atoms with E-state index in [-0.39, 0.29) is 5.78 Å². The van der Waals surface area contributed by atoms with Gasteiger partial charge in [0.25, 0.3) is 0 Å². The van der Waals surface area contributed by atoms with E-state index in [9.17, 15) is 4.79 Å². The topological polar surface area (TPSA) is 17.1 Å². The summed E-state index contributed by atoms with van der Waals surface area (Å²) >= 11 is 5.22. The average molecular weight is 562 g/mol. The molecular weight excluding hydrogens is 554 g/mol. The van der Waals surface area contributed by atoms with Gasteiger partial charge in [0.05, 0.1) is 0 Å². The van der Waals surface area contributed by atoms with E-state index in [0.29, 0.717) is 0 Å². The molecule has 0 spiro atoms. The molecule has 0 saturated heterocycles. The Morgan fingerprint density at radius 2 is 1.18 bits per heavy atom. The van der Waals surface area contributed by atoms with Crippen LogP contribution >= 0.6 is 37.4 Å². The number of halogens is 2. The molecule has 0 fully saturated rings. The number of carbonyl (C=O) groups excluding carboxylic acids is 1. The van der Waals surface area contributed by atoms with Crippen LogP contribution in [0.5, 0.6) is 0 Å². The van der Waals surface area contributed by atoms with Crippen molar-refractivity contribution in [3.63, 3.8) is 0 Å². The Hall–Kier alpha value is 0.360. The van der Waals surface area contributed by atoms with Crippen molar-refractivity contribution in [2.45, 2.75) is 0 Å². The molecule has 0 bridgehead atoms. The van der Waals surface area contributed by atoms with E-state index in [0.717, 1.165) is 11.1 Å². The zero-order valence-electron chi connectivity index (χ0n) is 8.69. The molecule has 1 nitrogen and oxygen atoms in total. The van der Waals surface area contributed by atoms with Gasteiger partial charge in [0, 0.05) is 0 Å². The summed E-state index contributed by atoms with van der Waals surface area (Å²) in [7, 11) is -2.34. The van der Waals surface area contributed by atoms with Gasteiger partial charge in [-0.3, -0.25) is 0 Å². The summed E-state index contributed by atoms with van der Waals surface area (Å²) in [6, 6.07) is 16.2. The molecule has 1 aliphatic heterocycles. The molecular formula is C13H8I2OTe. The Bertz CT molecular complexity index is 571. The molecule has 0 atom stereocenters. The summed E-state index contributed by atoms with van der Waals surface area (Å²) in [6.45, 7) is 0. The SMILES string of the molecule is O=C1c2ccccc2[Te](I)(I)c2ccccc21. The fourth-order valence-electron chi connectivity index (χ4n) is 2.02. The van der Waals surface area contributed by atoms with Gasteiger partial charge >= 0.3 is 125 Å². The third-order valence-electron chi connectivity index (χ3n) is 2.82. The number of benzene rings is 2. The minimum absolute atomic E-state index is 0.187. The van der Waals surface area contributed by atoms with Crippen molar-refractivity contribution >= 4 is 60.7 Å². The molecule has 86 valence electrons. The van der Waals surface area contributed by atoms with Gasteiger partial charge < -0.3 is 0 Å². The standard InChI is InChI=1S/C13H8I2OTe/c14-17(15)11-7-3-1-5-9(11)13(16)10-6-2-4-8-12(10)17/h1-8H. The van der Waals surface area contributed by atoms with E-state index < -0.39 is 10.3 Å². The van der Waals surface area contributed by atoms with Gasteiger partial charge in [-0.05, 0) is 0 Å². The molecule has 1 aliphatic rings. The third kappa shape index (κ3) is 1.88. The predicted octanol–water partition coefficient (Wildman–Crippen LogP) is 2.66. The fraction of sp³-hybridized carbons (Fsp3) is 0. The van der Waals surface area contributed by atoms with Crippen molar-refractivity contribution in [3.05, 3.63) is 59.7 Å². The first-order valence-electron chi connectivity index (χ1n) is 5.08. The number of carbonyl (C=O) groups is 1. The maximum absolute atomic E-state index is 12.4. The summed E-state index contributed by atoms with van der Waals surface area (Å²) in [5, 5.41) is 0. The van der Waals surface area contributed by atoms with Crippen molar-refractivity contribution in [3.8, 4) is 0 Å². The van der Waals surface area contributed by atoms with Crippen LogP contribution in [-0.2, 0) is 0 Å². The second-order valence-corrected chi connectivity index (χ2v) is 38.0. The number of ketones is 1. The first-order chi connectivity index (χ1) is 8.12. The van der Waals surface area contributed by atoms with E-state index in [1.807, 2.05) is 36.4 Å². The van der Waals surface area contributed by atoms with Gasteiger partial charge in [0.1, 0.15) is 0 Å². The molecule has 0 amide bonds. The van der Waals surface area contributed by atoms with Crippen molar-refractivity contribution in [1.82, 2.24) is 0 Å². The van der Waals surface area contributed by atoms with Crippen LogP contribution in [0.4, 0.5) is 0 Å². The molecule has 0 unspecified atom stereocenters. The summed E-state index contributed by atoms with van der Waals surface area (Å²) in [5.41, 5.74) is 1.83. The van der Waals surface area contributed by atoms with Gasteiger partial charge in [-0.25, -0.2) is 0 Å². The Kier molecular flexibility index (Phi) is 3.26. The van der Waals surface area contributed by atoms with Crippen LogP contribution in [0, 0.1) is 0 Å². The van der Waals surface area contributed by atoms with Gasteiger partial charge in [0.2, 0.25) is 0 Å². The second-order valence-electron chi connectivity index (χ2n) is 3.79. The van der Waals surface area contributed by atoms with E-state index in [1.54, 1.807) is 0 Å². The summed E-state index contributed by atoms with van der Waals surface area (Å²) in [6.07, 6.45) is 0. The maximum atomic E-state index is 12.4. The molecule has 3 rings (SSSR count).